The molecular formula is C18H27N5S. The molecule has 1 aromatic carbocycles. The standard InChI is InChI=1S/C18H27N5S/c1-14(23(4)17-8-6-5-7-9-17)12-21-18(19-3)20-11-10-16-13-24-15(2)22-16/h5-9,13-14H,10-12H2,1-4H3,(H2,19,20,21). The van der Waals surface area contributed by atoms with E-state index in [1.807, 2.05) is 13.0 Å². The molecule has 0 spiro atoms. The molecule has 0 bridgehead atoms. The minimum absolute atomic E-state index is 0.354. The average Bonchev–Trinajstić information content (AvgIpc) is 3.03. The van der Waals surface area contributed by atoms with Crippen molar-refractivity contribution in [3.63, 3.8) is 0 Å². The third kappa shape index (κ3) is 5.53. The summed E-state index contributed by atoms with van der Waals surface area (Å²) in [5.41, 5.74) is 2.35. The van der Waals surface area contributed by atoms with Crippen LogP contribution in [0.5, 0.6) is 0 Å². The highest BCUT2D eigenvalue weighted by atomic mass is 32.1. The largest absolute Gasteiger partial charge is 0.370 e. The van der Waals surface area contributed by atoms with E-state index < -0.39 is 0 Å². The topological polar surface area (TPSA) is 52.6 Å². The van der Waals surface area contributed by atoms with Crippen LogP contribution in [-0.2, 0) is 6.42 Å². The highest BCUT2D eigenvalue weighted by molar-refractivity contribution is 7.09. The molecule has 0 amide bonds. The lowest BCUT2D eigenvalue weighted by Crippen LogP contribution is -2.45. The fourth-order valence-electron chi connectivity index (χ4n) is 2.35. The molecule has 1 atom stereocenters. The highest BCUT2D eigenvalue weighted by Gasteiger charge is 2.10. The SMILES string of the molecule is CN=C(NCCc1csc(C)n1)NCC(C)N(C)c1ccccc1. The van der Waals surface area contributed by atoms with Crippen LogP contribution in [0.3, 0.4) is 0 Å². The Labute approximate surface area is 148 Å². The minimum atomic E-state index is 0.354. The predicted molar refractivity (Wildman–Crippen MR) is 104 cm³/mol. The number of para-hydroxylation sites is 1. The van der Waals surface area contributed by atoms with Gasteiger partial charge in [0, 0.05) is 50.7 Å². The fourth-order valence-corrected chi connectivity index (χ4v) is 3.00. The van der Waals surface area contributed by atoms with Crippen molar-refractivity contribution in [3.8, 4) is 0 Å². The molecular weight excluding hydrogens is 318 g/mol. The van der Waals surface area contributed by atoms with Gasteiger partial charge in [-0.1, -0.05) is 18.2 Å². The summed E-state index contributed by atoms with van der Waals surface area (Å²) in [6.07, 6.45) is 0.907. The van der Waals surface area contributed by atoms with Crippen molar-refractivity contribution >= 4 is 23.0 Å². The zero-order valence-electron chi connectivity index (χ0n) is 14.9. The van der Waals surface area contributed by atoms with Gasteiger partial charge in [0.05, 0.1) is 10.7 Å². The Kier molecular flexibility index (Phi) is 7.06. The van der Waals surface area contributed by atoms with E-state index in [0.717, 1.165) is 36.2 Å². The molecule has 0 radical (unpaired) electrons. The number of thiazole rings is 1. The monoisotopic (exact) mass is 345 g/mol. The molecule has 0 aliphatic carbocycles. The second kappa shape index (κ2) is 9.27. The van der Waals surface area contributed by atoms with Gasteiger partial charge in [0.25, 0.3) is 0 Å². The van der Waals surface area contributed by atoms with Gasteiger partial charge >= 0.3 is 0 Å². The summed E-state index contributed by atoms with van der Waals surface area (Å²) in [6, 6.07) is 10.8. The first-order chi connectivity index (χ1) is 11.6. The van der Waals surface area contributed by atoms with E-state index in [9.17, 15) is 0 Å². The Morgan fingerprint density at radius 3 is 2.67 bits per heavy atom. The van der Waals surface area contributed by atoms with Crippen molar-refractivity contribution < 1.29 is 0 Å². The van der Waals surface area contributed by atoms with Crippen LogP contribution in [0.4, 0.5) is 5.69 Å². The third-order valence-electron chi connectivity index (χ3n) is 3.95. The van der Waals surface area contributed by atoms with Gasteiger partial charge in [-0.15, -0.1) is 11.3 Å². The maximum atomic E-state index is 4.48. The van der Waals surface area contributed by atoms with Crippen molar-refractivity contribution in [3.05, 3.63) is 46.4 Å². The van der Waals surface area contributed by atoms with Crippen molar-refractivity contribution in [1.82, 2.24) is 15.6 Å². The number of hydrogen-bond donors (Lipinski definition) is 2. The van der Waals surface area contributed by atoms with Crippen molar-refractivity contribution in [2.24, 2.45) is 4.99 Å². The average molecular weight is 346 g/mol. The Morgan fingerprint density at radius 1 is 1.29 bits per heavy atom. The predicted octanol–water partition coefficient (Wildman–Crippen LogP) is 2.68. The number of nitrogens with zero attached hydrogens (tertiary/aromatic N) is 3. The van der Waals surface area contributed by atoms with Gasteiger partial charge in [-0.05, 0) is 26.0 Å². The number of nitrogens with one attached hydrogen (secondary N) is 2. The maximum absolute atomic E-state index is 4.48. The molecule has 1 aromatic heterocycles. The molecule has 24 heavy (non-hydrogen) atoms. The van der Waals surface area contributed by atoms with Crippen molar-refractivity contribution in [1.29, 1.82) is 0 Å². The number of aryl methyl sites for hydroxylation is 1. The van der Waals surface area contributed by atoms with E-state index in [1.54, 1.807) is 18.4 Å². The van der Waals surface area contributed by atoms with Gasteiger partial charge in [0.1, 0.15) is 0 Å². The maximum Gasteiger partial charge on any atom is 0.191 e. The van der Waals surface area contributed by atoms with Crippen LogP contribution in [0.2, 0.25) is 0 Å². The lowest BCUT2D eigenvalue weighted by atomic mass is 10.2. The molecule has 130 valence electrons. The molecule has 0 aliphatic rings. The van der Waals surface area contributed by atoms with Crippen LogP contribution in [-0.4, -0.2) is 44.2 Å². The van der Waals surface area contributed by atoms with E-state index >= 15 is 0 Å². The molecule has 5 nitrogen and oxygen atoms in total. The van der Waals surface area contributed by atoms with E-state index in [2.05, 4.69) is 69.1 Å². The highest BCUT2D eigenvalue weighted by Crippen LogP contribution is 2.13. The van der Waals surface area contributed by atoms with Crippen molar-refractivity contribution in [2.45, 2.75) is 26.3 Å². The van der Waals surface area contributed by atoms with Crippen LogP contribution in [0.15, 0.2) is 40.7 Å². The summed E-state index contributed by atoms with van der Waals surface area (Å²) in [5, 5.41) is 9.97. The summed E-state index contributed by atoms with van der Waals surface area (Å²) < 4.78 is 0. The molecule has 6 heteroatoms. The second-order valence-corrected chi connectivity index (χ2v) is 6.85. The van der Waals surface area contributed by atoms with Crippen LogP contribution in [0, 0.1) is 6.92 Å². The molecule has 2 rings (SSSR count). The number of aliphatic imine (C=N–C) groups is 1. The summed E-state index contributed by atoms with van der Waals surface area (Å²) in [5.74, 6) is 0.829. The van der Waals surface area contributed by atoms with E-state index in [4.69, 9.17) is 0 Å². The number of benzene rings is 1. The number of hydrogen-bond acceptors (Lipinski definition) is 4. The first-order valence-electron chi connectivity index (χ1n) is 8.23. The smallest absolute Gasteiger partial charge is 0.191 e. The van der Waals surface area contributed by atoms with E-state index in [1.165, 1.54) is 5.69 Å². The Bertz CT molecular complexity index is 638. The second-order valence-electron chi connectivity index (χ2n) is 5.78. The van der Waals surface area contributed by atoms with Crippen LogP contribution >= 0.6 is 11.3 Å². The summed E-state index contributed by atoms with van der Waals surface area (Å²) >= 11 is 1.69. The quantitative estimate of drug-likeness (QED) is 0.598. The lowest BCUT2D eigenvalue weighted by Gasteiger charge is -2.27. The van der Waals surface area contributed by atoms with Gasteiger partial charge in [-0.2, -0.15) is 0 Å². The van der Waals surface area contributed by atoms with Gasteiger partial charge in [0.15, 0.2) is 5.96 Å². The number of likely N-dealkylation sites (N-methyl/N-ethyl adjacent to an activating group) is 1. The van der Waals surface area contributed by atoms with Crippen LogP contribution in [0.1, 0.15) is 17.6 Å². The zero-order valence-corrected chi connectivity index (χ0v) is 15.7. The minimum Gasteiger partial charge on any atom is -0.370 e. The van der Waals surface area contributed by atoms with Gasteiger partial charge < -0.3 is 15.5 Å². The Hall–Kier alpha value is -2.08. The Morgan fingerprint density at radius 2 is 2.04 bits per heavy atom. The molecule has 0 saturated carbocycles. The number of guanidine groups is 1. The first kappa shape index (κ1) is 18.3. The molecule has 0 fully saturated rings. The fraction of sp³-hybridized carbons (Fsp3) is 0.444. The van der Waals surface area contributed by atoms with Crippen molar-refractivity contribution in [2.75, 3.05) is 32.1 Å². The van der Waals surface area contributed by atoms with E-state index in [0.29, 0.717) is 6.04 Å². The lowest BCUT2D eigenvalue weighted by molar-refractivity contribution is 0.648. The summed E-state index contributed by atoms with van der Waals surface area (Å²) in [4.78, 5) is 11.0. The molecule has 1 unspecified atom stereocenters. The number of rotatable bonds is 7. The zero-order chi connectivity index (χ0) is 17.4. The summed E-state index contributed by atoms with van der Waals surface area (Å²) in [7, 11) is 3.91. The molecule has 2 aromatic rings. The normalized spacial score (nSPS) is 12.8. The van der Waals surface area contributed by atoms with Crippen LogP contribution in [0.25, 0.3) is 0 Å². The Balaban J connectivity index is 1.74. The van der Waals surface area contributed by atoms with Gasteiger partial charge in [-0.25, -0.2) is 4.98 Å². The van der Waals surface area contributed by atoms with E-state index in [-0.39, 0.29) is 0 Å². The van der Waals surface area contributed by atoms with Crippen LogP contribution < -0.4 is 15.5 Å². The first-order valence-corrected chi connectivity index (χ1v) is 9.11. The third-order valence-corrected chi connectivity index (χ3v) is 4.78. The molecule has 0 aliphatic heterocycles. The number of anilines is 1. The molecule has 2 N–H and O–H groups in total. The molecule has 1 heterocycles. The summed E-state index contributed by atoms with van der Waals surface area (Å²) in [6.45, 7) is 5.88. The van der Waals surface area contributed by atoms with Gasteiger partial charge in [0.2, 0.25) is 0 Å². The number of aromatic nitrogens is 1. The van der Waals surface area contributed by atoms with Gasteiger partial charge in [-0.3, -0.25) is 4.99 Å². The molecule has 0 saturated heterocycles.